The Morgan fingerprint density at radius 2 is 2.00 bits per heavy atom. The van der Waals surface area contributed by atoms with Crippen LogP contribution in [0.15, 0.2) is 51.9 Å². The monoisotopic (exact) mass is 369 g/mol. The summed E-state index contributed by atoms with van der Waals surface area (Å²) in [7, 11) is 1.68. The van der Waals surface area contributed by atoms with Crippen molar-refractivity contribution in [3.8, 4) is 17.0 Å². The first-order valence-electron chi connectivity index (χ1n) is 9.21. The molecule has 1 aliphatic carbocycles. The molecule has 1 aromatic heterocycles. The van der Waals surface area contributed by atoms with Gasteiger partial charge in [-0.25, -0.2) is 4.68 Å². The van der Waals surface area contributed by atoms with Crippen LogP contribution in [0.1, 0.15) is 39.0 Å². The molecule has 1 aliphatic rings. The maximum Gasteiger partial charge on any atom is 0.206 e. The van der Waals surface area contributed by atoms with Crippen LogP contribution in [-0.4, -0.2) is 24.5 Å². The number of nitrogens with zero attached hydrogens (tertiary/aromatic N) is 3. The van der Waals surface area contributed by atoms with Crippen LogP contribution in [0.25, 0.3) is 11.3 Å². The van der Waals surface area contributed by atoms with Crippen LogP contribution in [0.5, 0.6) is 5.75 Å². The van der Waals surface area contributed by atoms with Crippen LogP contribution in [0.3, 0.4) is 0 Å². The van der Waals surface area contributed by atoms with Gasteiger partial charge in [-0.2, -0.15) is 5.10 Å². The summed E-state index contributed by atoms with van der Waals surface area (Å²) in [5.41, 5.74) is 3.22. The number of ether oxygens (including phenoxy) is 1. The SMILES string of the molecule is C=C(C)CN=c1scc(-c2ccc(OC)cc2)n1N=CC1CCCCC1. The van der Waals surface area contributed by atoms with Gasteiger partial charge in [0, 0.05) is 17.2 Å². The fraction of sp³-hybridized carbons (Fsp3) is 0.429. The third kappa shape index (κ3) is 4.73. The second-order valence-corrected chi connectivity index (χ2v) is 7.72. The molecule has 138 valence electrons. The molecule has 5 heteroatoms. The Balaban J connectivity index is 1.96. The Labute approximate surface area is 159 Å². The first-order valence-corrected chi connectivity index (χ1v) is 10.1. The van der Waals surface area contributed by atoms with E-state index in [-0.39, 0.29) is 0 Å². The number of benzene rings is 1. The van der Waals surface area contributed by atoms with E-state index in [1.54, 1.807) is 18.4 Å². The van der Waals surface area contributed by atoms with E-state index in [2.05, 4.69) is 30.3 Å². The molecule has 0 N–H and O–H groups in total. The molecule has 0 aliphatic heterocycles. The van der Waals surface area contributed by atoms with E-state index in [9.17, 15) is 0 Å². The minimum atomic E-state index is 0.578. The number of hydrogen-bond donors (Lipinski definition) is 0. The second kappa shape index (κ2) is 8.99. The summed E-state index contributed by atoms with van der Waals surface area (Å²) in [6, 6.07) is 8.09. The van der Waals surface area contributed by atoms with E-state index in [0.29, 0.717) is 12.5 Å². The lowest BCUT2D eigenvalue weighted by Gasteiger charge is -2.17. The van der Waals surface area contributed by atoms with Crippen molar-refractivity contribution in [2.75, 3.05) is 13.7 Å². The smallest absolute Gasteiger partial charge is 0.206 e. The Hall–Kier alpha value is -2.14. The van der Waals surface area contributed by atoms with Crippen molar-refractivity contribution < 1.29 is 4.74 Å². The Bertz CT molecular complexity index is 824. The van der Waals surface area contributed by atoms with Crippen LogP contribution < -0.4 is 9.54 Å². The first-order chi connectivity index (χ1) is 12.7. The van der Waals surface area contributed by atoms with E-state index in [1.165, 1.54) is 32.1 Å². The highest BCUT2D eigenvalue weighted by molar-refractivity contribution is 7.07. The average molecular weight is 370 g/mol. The normalized spacial score (nSPS) is 16.3. The molecule has 0 amide bonds. The van der Waals surface area contributed by atoms with Crippen molar-refractivity contribution in [1.82, 2.24) is 4.68 Å². The lowest BCUT2D eigenvalue weighted by molar-refractivity contribution is 0.415. The topological polar surface area (TPSA) is 38.9 Å². The van der Waals surface area contributed by atoms with Crippen molar-refractivity contribution in [3.05, 3.63) is 46.6 Å². The molecule has 0 saturated heterocycles. The van der Waals surface area contributed by atoms with Gasteiger partial charge in [0.2, 0.25) is 4.80 Å². The highest BCUT2D eigenvalue weighted by Gasteiger charge is 2.12. The van der Waals surface area contributed by atoms with Crippen LogP contribution >= 0.6 is 11.3 Å². The molecule has 26 heavy (non-hydrogen) atoms. The van der Waals surface area contributed by atoms with Crippen molar-refractivity contribution in [2.24, 2.45) is 16.0 Å². The maximum atomic E-state index is 5.27. The number of aromatic nitrogens is 1. The molecule has 1 heterocycles. The molecular formula is C21H27N3OS. The predicted octanol–water partition coefficient (Wildman–Crippen LogP) is 5.12. The molecule has 2 aromatic rings. The zero-order valence-corrected chi connectivity index (χ0v) is 16.5. The number of hydrogen-bond acceptors (Lipinski definition) is 4. The molecule has 0 atom stereocenters. The third-order valence-corrected chi connectivity index (χ3v) is 5.45. The largest absolute Gasteiger partial charge is 0.497 e. The minimum Gasteiger partial charge on any atom is -0.497 e. The van der Waals surface area contributed by atoms with Gasteiger partial charge in [0.25, 0.3) is 0 Å². The number of rotatable bonds is 6. The van der Waals surface area contributed by atoms with Gasteiger partial charge in [-0.15, -0.1) is 11.3 Å². The highest BCUT2D eigenvalue weighted by atomic mass is 32.1. The molecule has 3 rings (SSSR count). The third-order valence-electron chi connectivity index (χ3n) is 4.60. The van der Waals surface area contributed by atoms with Crippen molar-refractivity contribution >= 4 is 17.6 Å². The summed E-state index contributed by atoms with van der Waals surface area (Å²) in [5.74, 6) is 1.43. The summed E-state index contributed by atoms with van der Waals surface area (Å²) in [4.78, 5) is 5.60. The molecule has 1 aromatic carbocycles. The van der Waals surface area contributed by atoms with Gasteiger partial charge in [0.1, 0.15) is 5.75 Å². The summed E-state index contributed by atoms with van der Waals surface area (Å²) >= 11 is 1.62. The maximum absolute atomic E-state index is 5.27. The van der Waals surface area contributed by atoms with Crippen molar-refractivity contribution in [2.45, 2.75) is 39.0 Å². The van der Waals surface area contributed by atoms with Gasteiger partial charge in [0.05, 0.1) is 19.3 Å². The Morgan fingerprint density at radius 1 is 1.27 bits per heavy atom. The highest BCUT2D eigenvalue weighted by Crippen LogP contribution is 2.24. The van der Waals surface area contributed by atoms with Gasteiger partial charge >= 0.3 is 0 Å². The van der Waals surface area contributed by atoms with E-state index < -0.39 is 0 Å². The van der Waals surface area contributed by atoms with Gasteiger partial charge in [0.15, 0.2) is 0 Å². The first kappa shape index (κ1) is 18.6. The summed E-state index contributed by atoms with van der Waals surface area (Å²) in [5, 5.41) is 6.96. The standard InChI is InChI=1S/C21H27N3OS/c1-16(2)13-22-21-24(23-14-17-7-5-4-6-8-17)20(15-26-21)18-9-11-19(25-3)12-10-18/h9-12,14-15,17H,1,4-8,13H2,2-3H3. The van der Waals surface area contributed by atoms with Crippen LogP contribution in [0.4, 0.5) is 0 Å². The predicted molar refractivity (Wildman–Crippen MR) is 110 cm³/mol. The van der Waals surface area contributed by atoms with Gasteiger partial charge in [-0.1, -0.05) is 31.4 Å². The average Bonchev–Trinajstić information content (AvgIpc) is 3.08. The Morgan fingerprint density at radius 3 is 2.65 bits per heavy atom. The molecule has 0 unspecified atom stereocenters. The van der Waals surface area contributed by atoms with E-state index in [0.717, 1.165) is 27.4 Å². The van der Waals surface area contributed by atoms with Gasteiger partial charge < -0.3 is 4.74 Å². The fourth-order valence-electron chi connectivity index (χ4n) is 3.13. The van der Waals surface area contributed by atoms with E-state index in [4.69, 9.17) is 14.8 Å². The summed E-state index contributed by atoms with van der Waals surface area (Å²) < 4.78 is 7.25. The molecule has 0 spiro atoms. The van der Waals surface area contributed by atoms with Gasteiger partial charge in [-0.3, -0.25) is 4.99 Å². The molecule has 1 saturated carbocycles. The summed E-state index contributed by atoms with van der Waals surface area (Å²) in [6.07, 6.45) is 8.58. The second-order valence-electron chi connectivity index (χ2n) is 6.88. The molecule has 4 nitrogen and oxygen atoms in total. The quantitative estimate of drug-likeness (QED) is 0.515. The molecule has 1 fully saturated rings. The molecule has 0 radical (unpaired) electrons. The van der Waals surface area contributed by atoms with Crippen molar-refractivity contribution in [3.63, 3.8) is 0 Å². The molecular weight excluding hydrogens is 342 g/mol. The number of methoxy groups -OCH3 is 1. The van der Waals surface area contributed by atoms with Crippen LogP contribution in [0.2, 0.25) is 0 Å². The molecule has 0 bridgehead atoms. The van der Waals surface area contributed by atoms with E-state index >= 15 is 0 Å². The zero-order chi connectivity index (χ0) is 18.4. The van der Waals surface area contributed by atoms with Gasteiger partial charge in [-0.05, 0) is 49.9 Å². The number of thiazole rings is 1. The van der Waals surface area contributed by atoms with E-state index in [1.807, 2.05) is 23.7 Å². The zero-order valence-electron chi connectivity index (χ0n) is 15.6. The van der Waals surface area contributed by atoms with Crippen LogP contribution in [-0.2, 0) is 0 Å². The lowest BCUT2D eigenvalue weighted by Crippen LogP contribution is -2.15. The summed E-state index contributed by atoms with van der Waals surface area (Å²) in [6.45, 7) is 6.58. The van der Waals surface area contributed by atoms with Crippen LogP contribution in [0, 0.1) is 5.92 Å². The minimum absolute atomic E-state index is 0.578. The Kier molecular flexibility index (Phi) is 6.45. The lowest BCUT2D eigenvalue weighted by atomic mass is 9.90. The fourth-order valence-corrected chi connectivity index (χ4v) is 3.96. The van der Waals surface area contributed by atoms with Crippen molar-refractivity contribution in [1.29, 1.82) is 0 Å².